The molecule has 0 radical (unpaired) electrons. The molecule has 0 amide bonds. The number of nitrogens with zero attached hydrogens (tertiary/aromatic N) is 6. The molecule has 0 N–H and O–H groups in total. The highest BCUT2D eigenvalue weighted by Gasteiger charge is 2.36. The van der Waals surface area contributed by atoms with Crippen LogP contribution in [-0.4, -0.2) is 44.2 Å². The van der Waals surface area contributed by atoms with Gasteiger partial charge in [-0.05, 0) is 19.1 Å². The average Bonchev–Trinajstić information content (AvgIpc) is 3.17. The van der Waals surface area contributed by atoms with Crippen molar-refractivity contribution in [2.75, 3.05) is 24.6 Å². The number of anilines is 1. The Kier molecular flexibility index (Phi) is 5.04. The van der Waals surface area contributed by atoms with Gasteiger partial charge < -0.3 is 9.64 Å². The Morgan fingerprint density at radius 1 is 1.23 bits per heavy atom. The third-order valence-electron chi connectivity index (χ3n) is 5.14. The van der Waals surface area contributed by atoms with Crippen molar-refractivity contribution in [2.45, 2.75) is 12.5 Å². The lowest BCUT2D eigenvalue weighted by atomic mass is 9.97. The summed E-state index contributed by atoms with van der Waals surface area (Å²) in [7, 11) is 1.84. The number of aromatic nitrogens is 4. The second-order valence-electron chi connectivity index (χ2n) is 7.24. The van der Waals surface area contributed by atoms with Crippen molar-refractivity contribution in [1.29, 1.82) is 0 Å². The van der Waals surface area contributed by atoms with Gasteiger partial charge in [0.15, 0.2) is 0 Å². The first kappa shape index (κ1) is 20.0. The summed E-state index contributed by atoms with van der Waals surface area (Å²) >= 11 is 6.43. The quantitative estimate of drug-likeness (QED) is 0.461. The van der Waals surface area contributed by atoms with Crippen LogP contribution < -0.4 is 10.5 Å². The van der Waals surface area contributed by atoms with Crippen molar-refractivity contribution < 1.29 is 9.66 Å². The molecule has 3 aromatic rings. The van der Waals surface area contributed by atoms with Gasteiger partial charge in [-0.15, -0.1) is 0 Å². The monoisotopic (exact) mass is 430 g/mol. The van der Waals surface area contributed by atoms with Gasteiger partial charge >= 0.3 is 0 Å². The van der Waals surface area contributed by atoms with E-state index in [4.69, 9.17) is 16.3 Å². The van der Waals surface area contributed by atoms with E-state index < -0.39 is 16.1 Å². The second-order valence-corrected chi connectivity index (χ2v) is 7.62. The number of rotatable bonds is 4. The number of aryl methyl sites for hydroxylation is 1. The van der Waals surface area contributed by atoms with Gasteiger partial charge in [0.25, 0.3) is 11.2 Å². The summed E-state index contributed by atoms with van der Waals surface area (Å²) in [5.74, 6) is 0. The molecule has 1 unspecified atom stereocenters. The van der Waals surface area contributed by atoms with E-state index in [1.807, 2.05) is 25.1 Å². The van der Waals surface area contributed by atoms with E-state index in [-0.39, 0.29) is 10.7 Å². The molecule has 11 heteroatoms. The van der Waals surface area contributed by atoms with Crippen LogP contribution in [0.5, 0.6) is 0 Å². The second kappa shape index (κ2) is 7.54. The van der Waals surface area contributed by atoms with Gasteiger partial charge in [0.1, 0.15) is 10.6 Å². The molecule has 1 atom stereocenters. The fraction of sp³-hybridized carbons (Fsp3) is 0.316. The van der Waals surface area contributed by atoms with Crippen LogP contribution in [0.3, 0.4) is 0 Å². The van der Waals surface area contributed by atoms with Crippen LogP contribution in [-0.2, 0) is 17.4 Å². The molecule has 0 saturated carbocycles. The van der Waals surface area contributed by atoms with Crippen molar-refractivity contribution in [2.24, 2.45) is 7.05 Å². The number of non-ortho nitro benzene ring substituents is 1. The summed E-state index contributed by atoms with van der Waals surface area (Å²) in [6, 6.07) is 5.53. The number of nitro benzene ring substituents is 1. The average molecular weight is 431 g/mol. The van der Waals surface area contributed by atoms with Crippen LogP contribution in [0.2, 0.25) is 5.02 Å². The third-order valence-corrected chi connectivity index (χ3v) is 5.49. The van der Waals surface area contributed by atoms with Crippen LogP contribution in [0.25, 0.3) is 5.69 Å². The van der Waals surface area contributed by atoms with Gasteiger partial charge in [0.2, 0.25) is 0 Å². The molecule has 10 nitrogen and oxygen atoms in total. The predicted octanol–water partition coefficient (Wildman–Crippen LogP) is 2.28. The smallest absolute Gasteiger partial charge is 0.292 e. The summed E-state index contributed by atoms with van der Waals surface area (Å²) in [5, 5.41) is 19.3. The number of morpholine rings is 1. The number of nitro groups is 1. The molecule has 0 aliphatic carbocycles. The van der Waals surface area contributed by atoms with Crippen LogP contribution >= 0.6 is 11.6 Å². The first-order chi connectivity index (χ1) is 14.3. The summed E-state index contributed by atoms with van der Waals surface area (Å²) < 4.78 is 8.85. The number of benzene rings is 1. The lowest BCUT2D eigenvalue weighted by molar-refractivity contribution is -0.384. The number of hydrogen-bond donors (Lipinski definition) is 0. The molecule has 0 bridgehead atoms. The van der Waals surface area contributed by atoms with Crippen LogP contribution in [0.4, 0.5) is 11.4 Å². The highest BCUT2D eigenvalue weighted by molar-refractivity contribution is 6.33. The molecule has 1 aliphatic rings. The van der Waals surface area contributed by atoms with E-state index in [1.54, 1.807) is 10.9 Å². The number of hydrogen-bond acceptors (Lipinski definition) is 7. The summed E-state index contributed by atoms with van der Waals surface area (Å²) in [5.41, 5.74) is 0.649. The van der Waals surface area contributed by atoms with E-state index in [0.717, 1.165) is 10.2 Å². The van der Waals surface area contributed by atoms with Gasteiger partial charge in [-0.3, -0.25) is 19.6 Å². The Hall–Kier alpha value is -3.24. The maximum Gasteiger partial charge on any atom is 0.292 e. The van der Waals surface area contributed by atoms with Crippen LogP contribution in [0.15, 0.2) is 47.7 Å². The fourth-order valence-corrected chi connectivity index (χ4v) is 3.74. The van der Waals surface area contributed by atoms with Gasteiger partial charge in [-0.1, -0.05) is 11.6 Å². The van der Waals surface area contributed by atoms with Crippen molar-refractivity contribution in [3.63, 3.8) is 0 Å². The maximum atomic E-state index is 12.8. The van der Waals surface area contributed by atoms with E-state index in [0.29, 0.717) is 31.1 Å². The van der Waals surface area contributed by atoms with E-state index >= 15 is 0 Å². The molecule has 2 aromatic heterocycles. The zero-order valence-electron chi connectivity index (χ0n) is 16.4. The lowest BCUT2D eigenvalue weighted by Crippen LogP contribution is -2.48. The van der Waals surface area contributed by atoms with Crippen molar-refractivity contribution in [1.82, 2.24) is 19.6 Å². The minimum atomic E-state index is -0.608. The molecule has 4 rings (SSSR count). The minimum Gasteiger partial charge on any atom is -0.367 e. The Morgan fingerprint density at radius 3 is 2.60 bits per heavy atom. The van der Waals surface area contributed by atoms with Gasteiger partial charge in [-0.2, -0.15) is 14.9 Å². The predicted molar refractivity (Wildman–Crippen MR) is 110 cm³/mol. The number of halogens is 1. The fourth-order valence-electron chi connectivity index (χ4n) is 3.49. The first-order valence-electron chi connectivity index (χ1n) is 9.19. The minimum absolute atomic E-state index is 0.0267. The molecule has 1 saturated heterocycles. The molecular weight excluding hydrogens is 412 g/mol. The van der Waals surface area contributed by atoms with E-state index in [2.05, 4.69) is 10.2 Å². The molecule has 1 aliphatic heterocycles. The standard InChI is InChI=1S/C19H19ClN6O4/c1-19(13-9-21-23(2)11-13)12-24(7-8-30-19)16-10-22-25(18(27)17(16)20)14-3-5-15(6-4-14)26(28)29/h3-6,9-11H,7-8,12H2,1-2H3. The maximum absolute atomic E-state index is 12.8. The first-order valence-corrected chi connectivity index (χ1v) is 9.57. The molecular formula is C19H19ClN6O4. The van der Waals surface area contributed by atoms with Gasteiger partial charge in [-0.25, -0.2) is 0 Å². The SMILES string of the molecule is Cn1cc(C2(C)CN(c3cnn(-c4ccc([N+](=O)[O-])cc4)c(=O)c3Cl)CCO2)cn1. The third kappa shape index (κ3) is 3.55. The zero-order chi connectivity index (χ0) is 21.5. The molecule has 3 heterocycles. The Morgan fingerprint density at radius 2 is 1.97 bits per heavy atom. The van der Waals surface area contributed by atoms with Crippen molar-refractivity contribution >= 4 is 23.0 Å². The molecule has 30 heavy (non-hydrogen) atoms. The Bertz CT molecular complexity index is 1160. The van der Waals surface area contributed by atoms with Crippen molar-refractivity contribution in [3.05, 3.63) is 73.9 Å². The summed E-state index contributed by atoms with van der Waals surface area (Å²) in [4.78, 5) is 25.1. The van der Waals surface area contributed by atoms with Crippen LogP contribution in [0.1, 0.15) is 12.5 Å². The normalized spacial score (nSPS) is 19.1. The Labute approximate surface area is 176 Å². The highest BCUT2D eigenvalue weighted by atomic mass is 35.5. The summed E-state index contributed by atoms with van der Waals surface area (Å²) in [6.07, 6.45) is 5.19. The van der Waals surface area contributed by atoms with E-state index in [9.17, 15) is 14.9 Å². The van der Waals surface area contributed by atoms with Crippen LogP contribution in [0, 0.1) is 10.1 Å². The zero-order valence-corrected chi connectivity index (χ0v) is 17.1. The van der Waals surface area contributed by atoms with Gasteiger partial charge in [0, 0.05) is 37.5 Å². The van der Waals surface area contributed by atoms with E-state index in [1.165, 1.54) is 30.5 Å². The molecule has 1 fully saturated rings. The topological polar surface area (TPSA) is 108 Å². The van der Waals surface area contributed by atoms with Crippen molar-refractivity contribution in [3.8, 4) is 5.69 Å². The lowest BCUT2D eigenvalue weighted by Gasteiger charge is -2.41. The largest absolute Gasteiger partial charge is 0.367 e. The molecule has 1 aromatic carbocycles. The van der Waals surface area contributed by atoms with Gasteiger partial charge in [0.05, 0.1) is 41.8 Å². The molecule has 0 spiro atoms. The Balaban J connectivity index is 1.65. The summed E-state index contributed by atoms with van der Waals surface area (Å²) in [6.45, 7) is 3.45. The molecule has 156 valence electrons. The number of ether oxygens (including phenoxy) is 1. The highest BCUT2D eigenvalue weighted by Crippen LogP contribution is 2.33.